The number of imidazole rings is 1. The zero-order chi connectivity index (χ0) is 16.9. The highest BCUT2D eigenvalue weighted by molar-refractivity contribution is 5.26. The summed E-state index contributed by atoms with van der Waals surface area (Å²) in [6.45, 7) is 2.89. The van der Waals surface area contributed by atoms with Crippen LogP contribution in [0.3, 0.4) is 0 Å². The lowest BCUT2D eigenvalue weighted by atomic mass is 9.95. The molecule has 0 bridgehead atoms. The molecule has 0 spiro atoms. The van der Waals surface area contributed by atoms with Gasteiger partial charge in [0.25, 0.3) is 0 Å². The van der Waals surface area contributed by atoms with Crippen molar-refractivity contribution in [3.8, 4) is 11.6 Å². The standard InChI is InChI=1S/C19H21N5O/c1-2-6-16(7-3-1)25-19-12-20-11-17(23-19)15-5-4-10-24(13-15)14-18-21-8-9-22-18/h1-3,6-9,11-12,15H,4-5,10,13-14H2,(H,21,22)/t15-/m1/s1. The van der Waals surface area contributed by atoms with Gasteiger partial charge < -0.3 is 9.72 Å². The molecule has 128 valence electrons. The molecule has 1 aliphatic rings. The van der Waals surface area contributed by atoms with Gasteiger partial charge in [0.05, 0.1) is 18.4 Å². The maximum absolute atomic E-state index is 5.82. The Morgan fingerprint density at radius 2 is 2.12 bits per heavy atom. The molecular weight excluding hydrogens is 314 g/mol. The van der Waals surface area contributed by atoms with Gasteiger partial charge >= 0.3 is 0 Å². The van der Waals surface area contributed by atoms with E-state index >= 15 is 0 Å². The van der Waals surface area contributed by atoms with E-state index in [1.54, 1.807) is 12.4 Å². The van der Waals surface area contributed by atoms with Gasteiger partial charge in [0, 0.05) is 31.1 Å². The number of ether oxygens (including phenoxy) is 1. The molecular formula is C19H21N5O. The van der Waals surface area contributed by atoms with Crippen LogP contribution in [0, 0.1) is 0 Å². The third-order valence-corrected chi connectivity index (χ3v) is 4.45. The molecule has 1 saturated heterocycles. The molecule has 0 radical (unpaired) electrons. The lowest BCUT2D eigenvalue weighted by molar-refractivity contribution is 0.194. The molecule has 3 heterocycles. The van der Waals surface area contributed by atoms with Crippen molar-refractivity contribution in [1.29, 1.82) is 0 Å². The first-order chi connectivity index (χ1) is 12.4. The Kier molecular flexibility index (Phi) is 4.70. The molecule has 25 heavy (non-hydrogen) atoms. The van der Waals surface area contributed by atoms with Gasteiger partial charge in [0.1, 0.15) is 11.6 Å². The maximum atomic E-state index is 5.82. The molecule has 1 atom stereocenters. The summed E-state index contributed by atoms with van der Waals surface area (Å²) in [5, 5.41) is 0. The Balaban J connectivity index is 1.44. The fourth-order valence-corrected chi connectivity index (χ4v) is 3.25. The predicted octanol–water partition coefficient (Wildman–Crippen LogP) is 3.37. The Morgan fingerprint density at radius 1 is 1.20 bits per heavy atom. The average Bonchev–Trinajstić information content (AvgIpc) is 3.16. The zero-order valence-electron chi connectivity index (χ0n) is 14.0. The van der Waals surface area contributed by atoms with E-state index in [9.17, 15) is 0 Å². The minimum atomic E-state index is 0.371. The first kappa shape index (κ1) is 15.8. The summed E-state index contributed by atoms with van der Waals surface area (Å²) in [5.74, 6) is 2.70. The van der Waals surface area contributed by atoms with Gasteiger partial charge in [-0.05, 0) is 31.5 Å². The molecule has 0 aliphatic carbocycles. The van der Waals surface area contributed by atoms with Gasteiger partial charge in [-0.2, -0.15) is 0 Å². The van der Waals surface area contributed by atoms with E-state index in [1.165, 1.54) is 0 Å². The number of hydrogen-bond donors (Lipinski definition) is 1. The summed E-state index contributed by atoms with van der Waals surface area (Å²) < 4.78 is 5.82. The molecule has 0 saturated carbocycles. The van der Waals surface area contributed by atoms with Crippen molar-refractivity contribution < 1.29 is 4.74 Å². The highest BCUT2D eigenvalue weighted by Crippen LogP contribution is 2.27. The zero-order valence-corrected chi connectivity index (χ0v) is 14.0. The van der Waals surface area contributed by atoms with Crippen LogP contribution in [-0.2, 0) is 6.54 Å². The second-order valence-electron chi connectivity index (χ2n) is 6.31. The smallest absolute Gasteiger partial charge is 0.238 e. The molecule has 6 heteroatoms. The molecule has 3 aromatic rings. The fraction of sp³-hybridized carbons (Fsp3) is 0.316. The molecule has 1 aliphatic heterocycles. The molecule has 1 N–H and O–H groups in total. The summed E-state index contributed by atoms with van der Waals surface area (Å²) in [6.07, 6.45) is 9.47. The third kappa shape index (κ3) is 4.03. The van der Waals surface area contributed by atoms with Gasteiger partial charge in [-0.25, -0.2) is 9.97 Å². The number of nitrogens with zero attached hydrogens (tertiary/aromatic N) is 4. The minimum Gasteiger partial charge on any atom is -0.437 e. The van der Waals surface area contributed by atoms with Crippen molar-refractivity contribution in [3.05, 3.63) is 66.6 Å². The number of para-hydroxylation sites is 1. The van der Waals surface area contributed by atoms with Crippen LogP contribution in [0.1, 0.15) is 30.3 Å². The van der Waals surface area contributed by atoms with E-state index in [0.29, 0.717) is 11.8 Å². The van der Waals surface area contributed by atoms with Crippen LogP contribution in [0.15, 0.2) is 55.1 Å². The lowest BCUT2D eigenvalue weighted by Gasteiger charge is -2.31. The van der Waals surface area contributed by atoms with Gasteiger partial charge in [0.2, 0.25) is 5.88 Å². The summed E-state index contributed by atoms with van der Waals surface area (Å²) in [5.41, 5.74) is 0.998. The van der Waals surface area contributed by atoms with E-state index in [-0.39, 0.29) is 0 Å². The van der Waals surface area contributed by atoms with Crippen LogP contribution in [0.25, 0.3) is 0 Å². The van der Waals surface area contributed by atoms with Crippen molar-refractivity contribution in [2.45, 2.75) is 25.3 Å². The topological polar surface area (TPSA) is 66.9 Å². The number of benzene rings is 1. The van der Waals surface area contributed by atoms with Crippen molar-refractivity contribution in [3.63, 3.8) is 0 Å². The Morgan fingerprint density at radius 3 is 2.96 bits per heavy atom. The number of piperidine rings is 1. The number of hydrogen-bond acceptors (Lipinski definition) is 5. The minimum absolute atomic E-state index is 0.371. The second kappa shape index (κ2) is 7.44. The number of aromatic nitrogens is 4. The van der Waals surface area contributed by atoms with E-state index in [0.717, 1.165) is 49.7 Å². The van der Waals surface area contributed by atoms with Crippen molar-refractivity contribution in [1.82, 2.24) is 24.8 Å². The second-order valence-corrected chi connectivity index (χ2v) is 6.31. The first-order valence-electron chi connectivity index (χ1n) is 8.62. The normalized spacial score (nSPS) is 18.2. The van der Waals surface area contributed by atoms with Crippen LogP contribution in [0.4, 0.5) is 0 Å². The Hall–Kier alpha value is -2.73. The number of likely N-dealkylation sites (tertiary alicyclic amines) is 1. The average molecular weight is 335 g/mol. The number of H-pyrrole nitrogens is 1. The van der Waals surface area contributed by atoms with Crippen molar-refractivity contribution in [2.24, 2.45) is 0 Å². The highest BCUT2D eigenvalue weighted by Gasteiger charge is 2.23. The lowest BCUT2D eigenvalue weighted by Crippen LogP contribution is -2.34. The van der Waals surface area contributed by atoms with Gasteiger partial charge in [-0.1, -0.05) is 18.2 Å². The molecule has 4 rings (SSSR count). The maximum Gasteiger partial charge on any atom is 0.238 e. The SMILES string of the molecule is c1ccc(Oc2cncc([C@@H]3CCCN(Cc4ncc[nH]4)C3)n2)cc1. The van der Waals surface area contributed by atoms with E-state index < -0.39 is 0 Å². The monoisotopic (exact) mass is 335 g/mol. The van der Waals surface area contributed by atoms with Crippen LogP contribution in [0.2, 0.25) is 0 Å². The summed E-state index contributed by atoms with van der Waals surface area (Å²) in [6, 6.07) is 9.69. The summed E-state index contributed by atoms with van der Waals surface area (Å²) in [7, 11) is 0. The van der Waals surface area contributed by atoms with Crippen molar-refractivity contribution >= 4 is 0 Å². The predicted molar refractivity (Wildman–Crippen MR) is 94.4 cm³/mol. The Labute approximate surface area is 146 Å². The van der Waals surface area contributed by atoms with Crippen LogP contribution in [-0.4, -0.2) is 37.9 Å². The van der Waals surface area contributed by atoms with E-state index in [4.69, 9.17) is 4.74 Å². The van der Waals surface area contributed by atoms with Gasteiger partial charge in [-0.15, -0.1) is 0 Å². The summed E-state index contributed by atoms with van der Waals surface area (Å²) >= 11 is 0. The number of nitrogens with one attached hydrogen (secondary N) is 1. The third-order valence-electron chi connectivity index (χ3n) is 4.45. The quantitative estimate of drug-likeness (QED) is 0.774. The number of rotatable bonds is 5. The van der Waals surface area contributed by atoms with Crippen LogP contribution in [0.5, 0.6) is 11.6 Å². The molecule has 6 nitrogen and oxygen atoms in total. The molecule has 0 unspecified atom stereocenters. The molecule has 2 aromatic heterocycles. The van der Waals surface area contributed by atoms with E-state index in [1.807, 2.05) is 42.7 Å². The molecule has 0 amide bonds. The van der Waals surface area contributed by atoms with Crippen molar-refractivity contribution in [2.75, 3.05) is 13.1 Å². The largest absolute Gasteiger partial charge is 0.437 e. The molecule has 1 fully saturated rings. The molecule has 1 aromatic carbocycles. The Bertz CT molecular complexity index is 791. The number of aromatic amines is 1. The summed E-state index contributed by atoms with van der Waals surface area (Å²) in [4.78, 5) is 18.9. The van der Waals surface area contributed by atoms with Gasteiger partial charge in [0.15, 0.2) is 0 Å². The fourth-order valence-electron chi connectivity index (χ4n) is 3.25. The van der Waals surface area contributed by atoms with Crippen LogP contribution < -0.4 is 4.74 Å². The first-order valence-corrected chi connectivity index (χ1v) is 8.62. The highest BCUT2D eigenvalue weighted by atomic mass is 16.5. The van der Waals surface area contributed by atoms with E-state index in [2.05, 4.69) is 24.8 Å². The van der Waals surface area contributed by atoms with Crippen LogP contribution >= 0.6 is 0 Å². The van der Waals surface area contributed by atoms with Gasteiger partial charge in [-0.3, -0.25) is 9.88 Å².